The molecule has 26 heavy (non-hydrogen) atoms. The first-order chi connectivity index (χ1) is 12.5. The van der Waals surface area contributed by atoms with E-state index in [1.807, 2.05) is 24.3 Å². The number of hydrogen-bond acceptors (Lipinski definition) is 2. The van der Waals surface area contributed by atoms with Gasteiger partial charge >= 0.3 is 6.18 Å². The Bertz CT molecular complexity index is 717. The number of hydrogen-bond donors (Lipinski definition) is 1. The van der Waals surface area contributed by atoms with E-state index >= 15 is 0 Å². The van der Waals surface area contributed by atoms with E-state index < -0.39 is 11.7 Å². The highest BCUT2D eigenvalue weighted by Crippen LogP contribution is 2.34. The molecule has 0 saturated carbocycles. The number of alkyl halides is 3. The van der Waals surface area contributed by atoms with Crippen LogP contribution < -0.4 is 5.73 Å². The quantitative estimate of drug-likeness (QED) is 0.823. The van der Waals surface area contributed by atoms with Gasteiger partial charge in [0, 0.05) is 13.1 Å². The van der Waals surface area contributed by atoms with Crippen molar-refractivity contribution in [3.8, 4) is 11.1 Å². The van der Waals surface area contributed by atoms with Gasteiger partial charge in [0.05, 0.1) is 5.56 Å². The predicted octanol–water partition coefficient (Wildman–Crippen LogP) is 4.86. The van der Waals surface area contributed by atoms with Crippen molar-refractivity contribution in [2.75, 3.05) is 19.6 Å². The molecule has 2 N–H and O–H groups in total. The standard InChI is InChI=1S/C21H25F3N2/c22-21(23,24)19-8-9-20(17-6-4-16(15-25)5-7-17)18(14-19)10-13-26-11-2-1-3-12-26/h4-9,14H,1-3,10-13,15,25H2. The van der Waals surface area contributed by atoms with Crippen molar-refractivity contribution in [2.45, 2.75) is 38.4 Å². The Labute approximate surface area is 152 Å². The first kappa shape index (κ1) is 18.9. The fourth-order valence-corrected chi connectivity index (χ4v) is 3.54. The summed E-state index contributed by atoms with van der Waals surface area (Å²) in [5.74, 6) is 0. The third kappa shape index (κ3) is 4.65. The molecule has 2 aromatic carbocycles. The number of nitrogens with zero attached hydrogens (tertiary/aromatic N) is 1. The Kier molecular flexibility index (Phi) is 5.99. The lowest BCUT2D eigenvalue weighted by Gasteiger charge is -2.27. The molecule has 1 heterocycles. The average Bonchev–Trinajstić information content (AvgIpc) is 2.66. The van der Waals surface area contributed by atoms with Gasteiger partial charge in [-0.3, -0.25) is 0 Å². The van der Waals surface area contributed by atoms with Crippen molar-refractivity contribution in [1.29, 1.82) is 0 Å². The highest BCUT2D eigenvalue weighted by atomic mass is 19.4. The van der Waals surface area contributed by atoms with Gasteiger partial charge in [0.15, 0.2) is 0 Å². The molecule has 1 fully saturated rings. The normalized spacial score (nSPS) is 16.0. The number of likely N-dealkylation sites (tertiary alicyclic amines) is 1. The molecule has 0 radical (unpaired) electrons. The fraction of sp³-hybridized carbons (Fsp3) is 0.429. The Morgan fingerprint density at radius 3 is 2.23 bits per heavy atom. The van der Waals surface area contributed by atoms with Crippen LogP contribution in [-0.2, 0) is 19.1 Å². The first-order valence-electron chi connectivity index (χ1n) is 9.19. The Morgan fingerprint density at radius 1 is 0.923 bits per heavy atom. The van der Waals surface area contributed by atoms with E-state index in [4.69, 9.17) is 5.73 Å². The topological polar surface area (TPSA) is 29.3 Å². The summed E-state index contributed by atoms with van der Waals surface area (Å²) >= 11 is 0. The number of halogens is 3. The molecule has 0 aromatic heterocycles. The van der Waals surface area contributed by atoms with Crippen LogP contribution in [0.15, 0.2) is 42.5 Å². The number of nitrogens with two attached hydrogens (primary N) is 1. The molecule has 1 aliphatic rings. The minimum Gasteiger partial charge on any atom is -0.326 e. The molecule has 1 saturated heterocycles. The van der Waals surface area contributed by atoms with Crippen LogP contribution in [0.25, 0.3) is 11.1 Å². The summed E-state index contributed by atoms with van der Waals surface area (Å²) < 4.78 is 39.5. The molecule has 2 nitrogen and oxygen atoms in total. The summed E-state index contributed by atoms with van der Waals surface area (Å²) in [7, 11) is 0. The van der Waals surface area contributed by atoms with E-state index in [9.17, 15) is 13.2 Å². The molecular weight excluding hydrogens is 337 g/mol. The van der Waals surface area contributed by atoms with Gasteiger partial charge in [-0.2, -0.15) is 13.2 Å². The first-order valence-corrected chi connectivity index (χ1v) is 9.19. The van der Waals surface area contributed by atoms with E-state index in [0.29, 0.717) is 13.0 Å². The SMILES string of the molecule is NCc1ccc(-c2ccc(C(F)(F)F)cc2CCN2CCCCC2)cc1. The molecule has 1 aliphatic heterocycles. The van der Waals surface area contributed by atoms with Gasteiger partial charge in [0.1, 0.15) is 0 Å². The molecule has 3 rings (SSSR count). The minimum atomic E-state index is -4.32. The highest BCUT2D eigenvalue weighted by Gasteiger charge is 2.31. The Balaban J connectivity index is 1.88. The van der Waals surface area contributed by atoms with Crippen LogP contribution in [0.5, 0.6) is 0 Å². The largest absolute Gasteiger partial charge is 0.416 e. The maximum atomic E-state index is 13.2. The van der Waals surface area contributed by atoms with Crippen LogP contribution in [0.2, 0.25) is 0 Å². The van der Waals surface area contributed by atoms with E-state index in [-0.39, 0.29) is 0 Å². The van der Waals surface area contributed by atoms with E-state index in [0.717, 1.165) is 41.9 Å². The van der Waals surface area contributed by atoms with E-state index in [2.05, 4.69) is 4.90 Å². The Hall–Kier alpha value is -1.85. The lowest BCUT2D eigenvalue weighted by molar-refractivity contribution is -0.137. The summed E-state index contributed by atoms with van der Waals surface area (Å²) in [6.45, 7) is 3.34. The van der Waals surface area contributed by atoms with Gasteiger partial charge < -0.3 is 10.6 Å². The maximum Gasteiger partial charge on any atom is 0.416 e. The zero-order chi connectivity index (χ0) is 18.6. The third-order valence-corrected chi connectivity index (χ3v) is 5.08. The maximum absolute atomic E-state index is 13.2. The van der Waals surface area contributed by atoms with Crippen LogP contribution in [-0.4, -0.2) is 24.5 Å². The highest BCUT2D eigenvalue weighted by molar-refractivity contribution is 5.68. The van der Waals surface area contributed by atoms with Crippen LogP contribution in [0.1, 0.15) is 36.0 Å². The summed E-state index contributed by atoms with van der Waals surface area (Å²) in [4.78, 5) is 2.35. The molecule has 0 unspecified atom stereocenters. The van der Waals surface area contributed by atoms with Crippen molar-refractivity contribution in [3.63, 3.8) is 0 Å². The zero-order valence-electron chi connectivity index (χ0n) is 14.9. The second-order valence-electron chi connectivity index (χ2n) is 6.92. The lowest BCUT2D eigenvalue weighted by atomic mass is 9.94. The van der Waals surface area contributed by atoms with E-state index in [1.165, 1.54) is 31.4 Å². The molecule has 2 aromatic rings. The van der Waals surface area contributed by atoms with Crippen molar-refractivity contribution in [1.82, 2.24) is 4.90 Å². The minimum absolute atomic E-state index is 0.453. The van der Waals surface area contributed by atoms with Crippen molar-refractivity contribution in [3.05, 3.63) is 59.2 Å². The molecule has 0 spiro atoms. The second-order valence-corrected chi connectivity index (χ2v) is 6.92. The Morgan fingerprint density at radius 2 is 1.62 bits per heavy atom. The summed E-state index contributed by atoms with van der Waals surface area (Å²) in [6, 6.07) is 11.8. The fourth-order valence-electron chi connectivity index (χ4n) is 3.54. The van der Waals surface area contributed by atoms with Gasteiger partial charge in [-0.25, -0.2) is 0 Å². The van der Waals surface area contributed by atoms with Gasteiger partial charge in [-0.05, 0) is 66.7 Å². The summed E-state index contributed by atoms with van der Waals surface area (Å²) in [5.41, 5.74) is 8.63. The monoisotopic (exact) mass is 362 g/mol. The average molecular weight is 362 g/mol. The lowest BCUT2D eigenvalue weighted by Crippen LogP contribution is -2.31. The van der Waals surface area contributed by atoms with Crippen molar-refractivity contribution < 1.29 is 13.2 Å². The van der Waals surface area contributed by atoms with E-state index in [1.54, 1.807) is 6.07 Å². The molecule has 140 valence electrons. The van der Waals surface area contributed by atoms with Crippen LogP contribution >= 0.6 is 0 Å². The van der Waals surface area contributed by atoms with Crippen molar-refractivity contribution >= 4 is 0 Å². The third-order valence-electron chi connectivity index (χ3n) is 5.08. The van der Waals surface area contributed by atoms with Gasteiger partial charge in [0.2, 0.25) is 0 Å². The number of benzene rings is 2. The summed E-state index contributed by atoms with van der Waals surface area (Å²) in [5, 5.41) is 0. The molecule has 0 amide bonds. The molecule has 0 bridgehead atoms. The number of piperidine rings is 1. The molecule has 0 aliphatic carbocycles. The molecular formula is C21H25F3N2. The van der Waals surface area contributed by atoms with Crippen LogP contribution in [0, 0.1) is 0 Å². The van der Waals surface area contributed by atoms with Gasteiger partial charge in [-0.1, -0.05) is 36.8 Å². The van der Waals surface area contributed by atoms with Crippen LogP contribution in [0.4, 0.5) is 13.2 Å². The smallest absolute Gasteiger partial charge is 0.326 e. The zero-order valence-corrected chi connectivity index (χ0v) is 14.9. The second kappa shape index (κ2) is 8.23. The van der Waals surface area contributed by atoms with Crippen molar-refractivity contribution in [2.24, 2.45) is 5.73 Å². The number of rotatable bonds is 5. The summed E-state index contributed by atoms with van der Waals surface area (Å²) in [6.07, 6.45) is -0.0928. The van der Waals surface area contributed by atoms with Gasteiger partial charge in [-0.15, -0.1) is 0 Å². The van der Waals surface area contributed by atoms with Gasteiger partial charge in [0.25, 0.3) is 0 Å². The van der Waals surface area contributed by atoms with Crippen LogP contribution in [0.3, 0.4) is 0 Å². The predicted molar refractivity (Wildman–Crippen MR) is 98.8 cm³/mol. The molecule has 0 atom stereocenters. The molecule has 5 heteroatoms.